The molecule has 0 radical (unpaired) electrons. The first-order valence-electron chi connectivity index (χ1n) is 4.95. The topological polar surface area (TPSA) is 35.2 Å². The fourth-order valence-electron chi connectivity index (χ4n) is 1.69. The summed E-state index contributed by atoms with van der Waals surface area (Å²) in [6, 6.07) is 4.19. The molecule has 0 spiro atoms. The number of ether oxygens (including phenoxy) is 1. The summed E-state index contributed by atoms with van der Waals surface area (Å²) in [5.41, 5.74) is 8.17. The fraction of sp³-hybridized carbons (Fsp3) is 0.500. The van der Waals surface area contributed by atoms with Gasteiger partial charge in [-0.2, -0.15) is 0 Å². The molecule has 0 atom stereocenters. The number of hydrogen-bond acceptors (Lipinski definition) is 2. The molecule has 0 saturated heterocycles. The normalized spacial score (nSPS) is 11.6. The lowest BCUT2D eigenvalue weighted by atomic mass is 9.95. The van der Waals surface area contributed by atoms with Crippen molar-refractivity contribution >= 4 is 15.9 Å². The van der Waals surface area contributed by atoms with Crippen molar-refractivity contribution in [2.45, 2.75) is 32.7 Å². The summed E-state index contributed by atoms with van der Waals surface area (Å²) in [6.07, 6.45) is 0.858. The van der Waals surface area contributed by atoms with E-state index in [0.717, 1.165) is 22.2 Å². The number of nitrogens with two attached hydrogens (primary N) is 1. The Morgan fingerprint density at radius 1 is 1.40 bits per heavy atom. The summed E-state index contributed by atoms with van der Waals surface area (Å²) in [5.74, 6) is 0.897. The first-order chi connectivity index (χ1) is 6.83. The molecule has 2 nitrogen and oxygen atoms in total. The minimum Gasteiger partial charge on any atom is -0.495 e. The van der Waals surface area contributed by atoms with Crippen LogP contribution in [0.3, 0.4) is 0 Å². The van der Waals surface area contributed by atoms with E-state index in [9.17, 15) is 0 Å². The highest BCUT2D eigenvalue weighted by Gasteiger charge is 2.14. The lowest BCUT2D eigenvalue weighted by Gasteiger charge is -2.19. The molecule has 0 bridgehead atoms. The smallest absolute Gasteiger partial charge is 0.135 e. The van der Waals surface area contributed by atoms with E-state index in [1.807, 2.05) is 20.8 Å². The summed E-state index contributed by atoms with van der Waals surface area (Å²) < 4.78 is 6.27. The van der Waals surface area contributed by atoms with Crippen molar-refractivity contribution in [3.63, 3.8) is 0 Å². The largest absolute Gasteiger partial charge is 0.495 e. The van der Waals surface area contributed by atoms with Gasteiger partial charge in [0.2, 0.25) is 0 Å². The molecule has 1 aromatic carbocycles. The molecule has 0 fully saturated rings. The summed E-state index contributed by atoms with van der Waals surface area (Å²) >= 11 is 3.50. The van der Waals surface area contributed by atoms with E-state index in [1.165, 1.54) is 5.56 Å². The first kappa shape index (κ1) is 12.5. The molecule has 84 valence electrons. The van der Waals surface area contributed by atoms with Gasteiger partial charge in [-0.05, 0) is 60.3 Å². The zero-order chi connectivity index (χ0) is 11.6. The van der Waals surface area contributed by atoms with Gasteiger partial charge in [0.1, 0.15) is 5.75 Å². The predicted octanol–water partition coefficient (Wildman–Crippen LogP) is 3.05. The third-order valence-electron chi connectivity index (χ3n) is 2.15. The molecule has 0 aromatic heterocycles. The van der Waals surface area contributed by atoms with Gasteiger partial charge in [0.05, 0.1) is 11.6 Å². The molecular formula is C12H18BrNO. The van der Waals surface area contributed by atoms with Crippen molar-refractivity contribution < 1.29 is 4.74 Å². The third-order valence-corrected chi connectivity index (χ3v) is 2.74. The maximum absolute atomic E-state index is 5.99. The minimum atomic E-state index is -0.180. The van der Waals surface area contributed by atoms with Gasteiger partial charge in [0.25, 0.3) is 0 Å². The monoisotopic (exact) mass is 271 g/mol. The average molecular weight is 272 g/mol. The van der Waals surface area contributed by atoms with Crippen LogP contribution in [0.15, 0.2) is 16.6 Å². The minimum absolute atomic E-state index is 0.180. The quantitative estimate of drug-likeness (QED) is 0.917. The van der Waals surface area contributed by atoms with Crippen molar-refractivity contribution in [2.75, 3.05) is 7.11 Å². The summed E-state index contributed by atoms with van der Waals surface area (Å²) in [5, 5.41) is 0. The van der Waals surface area contributed by atoms with Crippen LogP contribution in [0.5, 0.6) is 5.75 Å². The Morgan fingerprint density at radius 2 is 2.00 bits per heavy atom. The molecule has 0 aliphatic carbocycles. The van der Waals surface area contributed by atoms with Crippen LogP contribution in [0, 0.1) is 6.92 Å². The summed E-state index contributed by atoms with van der Waals surface area (Å²) in [4.78, 5) is 0. The van der Waals surface area contributed by atoms with Crippen molar-refractivity contribution in [1.82, 2.24) is 0 Å². The second-order valence-corrected chi connectivity index (χ2v) is 5.45. The lowest BCUT2D eigenvalue weighted by molar-refractivity contribution is 0.408. The van der Waals surface area contributed by atoms with Crippen molar-refractivity contribution in [3.8, 4) is 5.75 Å². The van der Waals surface area contributed by atoms with Crippen molar-refractivity contribution in [2.24, 2.45) is 5.73 Å². The van der Waals surface area contributed by atoms with Crippen LogP contribution < -0.4 is 10.5 Å². The number of rotatable bonds is 3. The molecule has 3 heteroatoms. The Balaban J connectivity index is 3.04. The van der Waals surface area contributed by atoms with Crippen LogP contribution in [0.4, 0.5) is 0 Å². The standard InChI is InChI=1S/C12H18BrNO/c1-8-5-9(7-12(2,3)14)6-10(13)11(8)15-4/h5-6H,7,14H2,1-4H3. The van der Waals surface area contributed by atoms with Crippen molar-refractivity contribution in [3.05, 3.63) is 27.7 Å². The lowest BCUT2D eigenvalue weighted by Crippen LogP contribution is -2.34. The van der Waals surface area contributed by atoms with Crippen LogP contribution in [-0.2, 0) is 6.42 Å². The van der Waals surface area contributed by atoms with E-state index in [0.29, 0.717) is 0 Å². The molecule has 0 amide bonds. The SMILES string of the molecule is COc1c(C)cc(CC(C)(C)N)cc1Br. The molecule has 0 aliphatic rings. The second-order valence-electron chi connectivity index (χ2n) is 4.59. The third kappa shape index (κ3) is 3.50. The van der Waals surface area contributed by atoms with E-state index in [1.54, 1.807) is 7.11 Å². The zero-order valence-electron chi connectivity index (χ0n) is 9.73. The predicted molar refractivity (Wildman–Crippen MR) is 67.4 cm³/mol. The van der Waals surface area contributed by atoms with Gasteiger partial charge in [0.15, 0.2) is 0 Å². The molecule has 2 N–H and O–H groups in total. The highest BCUT2D eigenvalue weighted by atomic mass is 79.9. The van der Waals surface area contributed by atoms with Gasteiger partial charge in [0, 0.05) is 5.54 Å². The van der Waals surface area contributed by atoms with Crippen molar-refractivity contribution in [1.29, 1.82) is 0 Å². The first-order valence-corrected chi connectivity index (χ1v) is 5.74. The van der Waals surface area contributed by atoms with Crippen LogP contribution in [0.2, 0.25) is 0 Å². The van der Waals surface area contributed by atoms with Crippen LogP contribution in [0.25, 0.3) is 0 Å². The van der Waals surface area contributed by atoms with Gasteiger partial charge in [-0.3, -0.25) is 0 Å². The van der Waals surface area contributed by atoms with E-state index in [-0.39, 0.29) is 5.54 Å². The summed E-state index contributed by atoms with van der Waals surface area (Å²) in [7, 11) is 1.68. The molecule has 0 aliphatic heterocycles. The van der Waals surface area contributed by atoms with Gasteiger partial charge in [-0.1, -0.05) is 6.07 Å². The van der Waals surface area contributed by atoms with Gasteiger partial charge >= 0.3 is 0 Å². The van der Waals surface area contributed by atoms with Crippen LogP contribution in [0.1, 0.15) is 25.0 Å². The maximum atomic E-state index is 5.99. The van der Waals surface area contributed by atoms with Gasteiger partial charge in [-0.15, -0.1) is 0 Å². The molecule has 0 saturated carbocycles. The molecular weight excluding hydrogens is 254 g/mol. The number of halogens is 1. The number of aryl methyl sites for hydroxylation is 1. The molecule has 0 heterocycles. The molecule has 1 rings (SSSR count). The number of benzene rings is 1. The van der Waals surface area contributed by atoms with Crippen LogP contribution >= 0.6 is 15.9 Å². The van der Waals surface area contributed by atoms with E-state index in [2.05, 4.69) is 28.1 Å². The maximum Gasteiger partial charge on any atom is 0.135 e. The van der Waals surface area contributed by atoms with Gasteiger partial charge < -0.3 is 10.5 Å². The highest BCUT2D eigenvalue weighted by Crippen LogP contribution is 2.30. The van der Waals surface area contributed by atoms with E-state index in [4.69, 9.17) is 10.5 Å². The molecule has 0 unspecified atom stereocenters. The van der Waals surface area contributed by atoms with Gasteiger partial charge in [-0.25, -0.2) is 0 Å². The highest BCUT2D eigenvalue weighted by molar-refractivity contribution is 9.10. The Labute approximate surface area is 99.9 Å². The average Bonchev–Trinajstić information content (AvgIpc) is 1.99. The molecule has 1 aromatic rings. The zero-order valence-corrected chi connectivity index (χ0v) is 11.3. The Bertz CT molecular complexity index is 332. The number of methoxy groups -OCH3 is 1. The van der Waals surface area contributed by atoms with E-state index >= 15 is 0 Å². The Morgan fingerprint density at radius 3 is 2.40 bits per heavy atom. The Kier molecular flexibility index (Phi) is 3.79. The second kappa shape index (κ2) is 4.54. The fourth-order valence-corrected chi connectivity index (χ4v) is 2.46. The Hall–Kier alpha value is -0.540. The molecule has 15 heavy (non-hydrogen) atoms. The van der Waals surface area contributed by atoms with Crippen LogP contribution in [-0.4, -0.2) is 12.6 Å². The number of hydrogen-bond donors (Lipinski definition) is 1. The summed E-state index contributed by atoms with van der Waals surface area (Å²) in [6.45, 7) is 6.09. The van der Waals surface area contributed by atoms with E-state index < -0.39 is 0 Å².